The zero-order valence-electron chi connectivity index (χ0n) is 16.7. The van der Waals surface area contributed by atoms with Gasteiger partial charge in [-0.15, -0.1) is 0 Å². The Hall–Kier alpha value is -1.28. The SMILES string of the molecule is CCCCS(=O)(=O)N1CC[S+](c2ccc(OCCOC)c3ccccc23)CC1. The van der Waals surface area contributed by atoms with Crippen molar-refractivity contribution >= 4 is 31.7 Å². The van der Waals surface area contributed by atoms with Crippen LogP contribution in [-0.4, -0.2) is 63.4 Å². The summed E-state index contributed by atoms with van der Waals surface area (Å²) in [5.41, 5.74) is 0. The molecule has 0 radical (unpaired) electrons. The fraction of sp³-hybridized carbons (Fsp3) is 0.524. The number of nitrogens with zero attached hydrogens (tertiary/aromatic N) is 1. The van der Waals surface area contributed by atoms with Gasteiger partial charge in [-0.1, -0.05) is 31.5 Å². The van der Waals surface area contributed by atoms with E-state index < -0.39 is 10.0 Å². The molecule has 0 atom stereocenters. The Bertz CT molecular complexity index is 877. The minimum atomic E-state index is -3.11. The minimum Gasteiger partial charge on any atom is -0.491 e. The first kappa shape index (κ1) is 21.4. The number of fused-ring (bicyclic) bond motifs is 1. The second kappa shape index (κ2) is 9.96. The van der Waals surface area contributed by atoms with Crippen molar-refractivity contribution < 1.29 is 17.9 Å². The molecule has 0 N–H and O–H groups in total. The summed E-state index contributed by atoms with van der Waals surface area (Å²) in [5, 5.41) is 2.32. The van der Waals surface area contributed by atoms with Gasteiger partial charge in [-0.25, -0.2) is 8.42 Å². The Morgan fingerprint density at radius 1 is 1.04 bits per heavy atom. The van der Waals surface area contributed by atoms with Gasteiger partial charge >= 0.3 is 0 Å². The highest BCUT2D eigenvalue weighted by Gasteiger charge is 2.35. The van der Waals surface area contributed by atoms with Crippen molar-refractivity contribution in [1.82, 2.24) is 4.31 Å². The molecule has 0 unspecified atom stereocenters. The van der Waals surface area contributed by atoms with E-state index in [4.69, 9.17) is 9.47 Å². The van der Waals surface area contributed by atoms with E-state index in [9.17, 15) is 8.42 Å². The number of methoxy groups -OCH3 is 1. The van der Waals surface area contributed by atoms with Crippen molar-refractivity contribution in [2.45, 2.75) is 24.7 Å². The van der Waals surface area contributed by atoms with Crippen molar-refractivity contribution in [3.8, 4) is 5.75 Å². The molecule has 3 rings (SSSR count). The summed E-state index contributed by atoms with van der Waals surface area (Å²) in [6.45, 7) is 4.35. The number of unbranched alkanes of at least 4 members (excludes halogenated alkanes) is 1. The van der Waals surface area contributed by atoms with Crippen molar-refractivity contribution in [3.05, 3.63) is 36.4 Å². The normalized spacial score (nSPS) is 16.5. The molecule has 1 aliphatic rings. The van der Waals surface area contributed by atoms with Crippen LogP contribution < -0.4 is 4.74 Å². The molecule has 0 amide bonds. The molecule has 0 bridgehead atoms. The first-order chi connectivity index (χ1) is 13.6. The molecule has 154 valence electrons. The molecule has 0 aromatic heterocycles. The van der Waals surface area contributed by atoms with Gasteiger partial charge < -0.3 is 9.47 Å². The molecule has 1 fully saturated rings. The third kappa shape index (κ3) is 5.00. The van der Waals surface area contributed by atoms with Crippen LogP contribution in [-0.2, 0) is 25.7 Å². The maximum atomic E-state index is 12.5. The molecule has 1 heterocycles. The van der Waals surface area contributed by atoms with Gasteiger partial charge in [0.15, 0.2) is 4.90 Å². The Kier molecular flexibility index (Phi) is 7.62. The Morgan fingerprint density at radius 2 is 1.75 bits per heavy atom. The molecule has 0 spiro atoms. The van der Waals surface area contributed by atoms with Crippen LogP contribution in [0.4, 0.5) is 0 Å². The van der Waals surface area contributed by atoms with E-state index in [1.807, 2.05) is 19.1 Å². The van der Waals surface area contributed by atoms with E-state index in [0.717, 1.165) is 35.5 Å². The minimum absolute atomic E-state index is 0.0542. The average Bonchev–Trinajstić information content (AvgIpc) is 2.72. The Morgan fingerprint density at radius 3 is 2.43 bits per heavy atom. The van der Waals surface area contributed by atoms with Gasteiger partial charge in [-0.2, -0.15) is 4.31 Å². The smallest absolute Gasteiger partial charge is 0.214 e. The second-order valence-corrected chi connectivity index (χ2v) is 11.2. The standard InChI is InChI=1S/C21H30NO4S2/c1-3-4-17-28(23,24)22-11-15-27(16-12-22)21-10-9-20(26-14-13-25-2)18-7-5-6-8-19(18)21/h5-10H,3-4,11-17H2,1-2H3/q+1. The third-order valence-corrected chi connectivity index (χ3v) is 9.31. The molecular formula is C21H30NO4S2+. The van der Waals surface area contributed by atoms with Crippen LogP contribution in [0, 0.1) is 0 Å². The predicted molar refractivity (Wildman–Crippen MR) is 117 cm³/mol. The van der Waals surface area contributed by atoms with Crippen molar-refractivity contribution in [2.24, 2.45) is 0 Å². The van der Waals surface area contributed by atoms with Crippen LogP contribution in [0.1, 0.15) is 19.8 Å². The summed E-state index contributed by atoms with van der Waals surface area (Å²) < 4.78 is 37.6. The van der Waals surface area contributed by atoms with Gasteiger partial charge in [-0.3, -0.25) is 0 Å². The highest BCUT2D eigenvalue weighted by atomic mass is 32.2. The van der Waals surface area contributed by atoms with Crippen LogP contribution >= 0.6 is 0 Å². The fourth-order valence-corrected chi connectivity index (χ4v) is 7.60. The molecule has 28 heavy (non-hydrogen) atoms. The summed E-state index contributed by atoms with van der Waals surface area (Å²) >= 11 is 0. The lowest BCUT2D eigenvalue weighted by molar-refractivity contribution is 0.147. The van der Waals surface area contributed by atoms with Gasteiger partial charge in [0.25, 0.3) is 0 Å². The first-order valence-electron chi connectivity index (χ1n) is 9.85. The van der Waals surface area contributed by atoms with E-state index in [-0.39, 0.29) is 16.6 Å². The van der Waals surface area contributed by atoms with Crippen molar-refractivity contribution in [1.29, 1.82) is 0 Å². The molecule has 2 aromatic rings. The molecule has 7 heteroatoms. The summed E-state index contributed by atoms with van der Waals surface area (Å²) in [6, 6.07) is 12.5. The number of sulfonamides is 1. The Labute approximate surface area is 171 Å². The first-order valence-corrected chi connectivity index (χ1v) is 13.0. The highest BCUT2D eigenvalue weighted by Crippen LogP contribution is 2.33. The predicted octanol–water partition coefficient (Wildman–Crippen LogP) is 3.29. The van der Waals surface area contributed by atoms with Gasteiger partial charge in [-0.05, 0) is 24.6 Å². The number of hydrogen-bond donors (Lipinski definition) is 0. The lowest BCUT2D eigenvalue weighted by Crippen LogP contribution is -2.44. The van der Waals surface area contributed by atoms with Crippen molar-refractivity contribution in [2.75, 3.05) is 50.7 Å². The number of rotatable bonds is 9. The molecule has 0 saturated carbocycles. The topological polar surface area (TPSA) is 55.8 Å². The zero-order chi connectivity index (χ0) is 20.0. The molecule has 1 saturated heterocycles. The summed E-state index contributed by atoms with van der Waals surface area (Å²) in [4.78, 5) is 1.32. The molecule has 5 nitrogen and oxygen atoms in total. The average molecular weight is 425 g/mol. The largest absolute Gasteiger partial charge is 0.491 e. The van der Waals surface area contributed by atoms with Crippen LogP contribution in [0.3, 0.4) is 0 Å². The van der Waals surface area contributed by atoms with E-state index in [2.05, 4.69) is 24.3 Å². The van der Waals surface area contributed by atoms with Crippen LogP contribution in [0.25, 0.3) is 10.8 Å². The van der Waals surface area contributed by atoms with Gasteiger partial charge in [0.05, 0.1) is 25.4 Å². The van der Waals surface area contributed by atoms with Crippen LogP contribution in [0.2, 0.25) is 0 Å². The van der Waals surface area contributed by atoms with E-state index in [1.165, 1.54) is 10.3 Å². The number of hydrogen-bond acceptors (Lipinski definition) is 4. The van der Waals surface area contributed by atoms with Crippen LogP contribution in [0.15, 0.2) is 41.3 Å². The molecule has 2 aromatic carbocycles. The number of ether oxygens (including phenoxy) is 2. The lowest BCUT2D eigenvalue weighted by Gasteiger charge is -2.26. The lowest BCUT2D eigenvalue weighted by atomic mass is 10.1. The fourth-order valence-electron chi connectivity index (χ4n) is 3.45. The summed E-state index contributed by atoms with van der Waals surface area (Å²) in [7, 11) is -1.39. The van der Waals surface area contributed by atoms with Crippen molar-refractivity contribution in [3.63, 3.8) is 0 Å². The van der Waals surface area contributed by atoms with E-state index in [1.54, 1.807) is 11.4 Å². The summed E-state index contributed by atoms with van der Waals surface area (Å²) in [6.07, 6.45) is 1.64. The van der Waals surface area contributed by atoms with Gasteiger partial charge in [0, 0.05) is 28.8 Å². The van der Waals surface area contributed by atoms with Gasteiger partial charge in [0.1, 0.15) is 23.9 Å². The monoisotopic (exact) mass is 424 g/mol. The maximum Gasteiger partial charge on any atom is 0.214 e. The summed E-state index contributed by atoms with van der Waals surface area (Å²) in [5.74, 6) is 2.92. The van der Waals surface area contributed by atoms with E-state index in [0.29, 0.717) is 26.3 Å². The van der Waals surface area contributed by atoms with Crippen LogP contribution in [0.5, 0.6) is 5.75 Å². The highest BCUT2D eigenvalue weighted by molar-refractivity contribution is 7.97. The van der Waals surface area contributed by atoms with E-state index >= 15 is 0 Å². The zero-order valence-corrected chi connectivity index (χ0v) is 18.4. The quantitative estimate of drug-likeness (QED) is 0.458. The maximum absolute atomic E-state index is 12.5. The van der Waals surface area contributed by atoms with Gasteiger partial charge in [0.2, 0.25) is 10.0 Å². The Balaban J connectivity index is 1.75. The molecular weight excluding hydrogens is 394 g/mol. The second-order valence-electron chi connectivity index (χ2n) is 6.92. The third-order valence-electron chi connectivity index (χ3n) is 5.02. The number of benzene rings is 2. The molecule has 0 aliphatic carbocycles. The molecule has 1 aliphatic heterocycles.